The number of nitrogens with zero attached hydrogens (tertiary/aromatic N) is 2. The van der Waals surface area contributed by atoms with Crippen LogP contribution in [0.25, 0.3) is 0 Å². The smallest absolute Gasteiger partial charge is 0.323 e. The van der Waals surface area contributed by atoms with Crippen LogP contribution in [0.4, 0.5) is 0 Å². The van der Waals surface area contributed by atoms with Crippen molar-refractivity contribution in [1.29, 1.82) is 0 Å². The lowest BCUT2D eigenvalue weighted by Crippen LogP contribution is -2.38. The Labute approximate surface area is 368 Å². The van der Waals surface area contributed by atoms with Crippen molar-refractivity contribution in [3.63, 3.8) is 0 Å². The van der Waals surface area contributed by atoms with E-state index in [9.17, 15) is 19.2 Å². The summed E-state index contributed by atoms with van der Waals surface area (Å²) < 4.78 is 23.0. The number of carbonyl (C=O) groups excluding carboxylic acids is 4. The Hall–Kier alpha value is -2.20. The Bertz CT molecular complexity index is 1040. The predicted molar refractivity (Wildman–Crippen MR) is 245 cm³/mol. The zero-order valence-electron chi connectivity index (χ0n) is 39.8. The minimum atomic E-state index is -0.444. The van der Waals surface area contributed by atoms with Gasteiger partial charge in [-0.25, -0.2) is 0 Å². The first kappa shape index (κ1) is 55.8. The second-order valence-corrected chi connectivity index (χ2v) is 18.0. The van der Waals surface area contributed by atoms with Gasteiger partial charge in [-0.05, 0) is 78.4 Å². The third-order valence-electron chi connectivity index (χ3n) is 11.9. The quantitative estimate of drug-likeness (QED) is 0.0334. The summed E-state index contributed by atoms with van der Waals surface area (Å²) in [5.74, 6) is -0.676. The van der Waals surface area contributed by atoms with Crippen molar-refractivity contribution < 1.29 is 38.1 Å². The van der Waals surface area contributed by atoms with Crippen LogP contribution in [-0.2, 0) is 38.1 Å². The van der Waals surface area contributed by atoms with Crippen molar-refractivity contribution in [3.8, 4) is 0 Å². The molecule has 0 aromatic heterocycles. The van der Waals surface area contributed by atoms with Crippen molar-refractivity contribution in [3.05, 3.63) is 0 Å². The molecule has 0 amide bonds. The van der Waals surface area contributed by atoms with Gasteiger partial charge < -0.3 is 23.8 Å². The molecule has 2 atom stereocenters. The Kier molecular flexibility index (Phi) is 36.9. The van der Waals surface area contributed by atoms with Gasteiger partial charge in [-0.3, -0.25) is 24.1 Å². The van der Waals surface area contributed by atoms with Gasteiger partial charge in [0.05, 0.1) is 19.6 Å². The van der Waals surface area contributed by atoms with E-state index in [1.165, 1.54) is 96.3 Å². The summed E-state index contributed by atoms with van der Waals surface area (Å²) in [7, 11) is 3.85. The molecule has 0 aromatic rings. The first-order valence-electron chi connectivity index (χ1n) is 25.3. The van der Waals surface area contributed by atoms with Crippen LogP contribution in [-0.4, -0.2) is 98.9 Å². The molecule has 352 valence electrons. The minimum absolute atomic E-state index is 0.0507. The van der Waals surface area contributed by atoms with E-state index in [0.717, 1.165) is 89.9 Å². The maximum atomic E-state index is 13.3. The van der Waals surface area contributed by atoms with E-state index in [4.69, 9.17) is 18.9 Å². The Morgan fingerprint density at radius 3 is 1.55 bits per heavy atom. The Morgan fingerprint density at radius 2 is 1.00 bits per heavy atom. The van der Waals surface area contributed by atoms with Gasteiger partial charge in [0.1, 0.15) is 18.2 Å². The van der Waals surface area contributed by atoms with Crippen LogP contribution in [0.15, 0.2) is 0 Å². The summed E-state index contributed by atoms with van der Waals surface area (Å²) in [5, 5.41) is 0. The lowest BCUT2D eigenvalue weighted by Gasteiger charge is -2.22. The molecule has 0 radical (unpaired) electrons. The lowest BCUT2D eigenvalue weighted by molar-refractivity contribution is -0.151. The van der Waals surface area contributed by atoms with Gasteiger partial charge in [0.25, 0.3) is 0 Å². The van der Waals surface area contributed by atoms with E-state index in [0.29, 0.717) is 58.5 Å². The fraction of sp³-hybridized carbons (Fsp3) is 0.920. The summed E-state index contributed by atoms with van der Waals surface area (Å²) in [6.45, 7) is 9.39. The first-order chi connectivity index (χ1) is 29.2. The van der Waals surface area contributed by atoms with Gasteiger partial charge >= 0.3 is 23.9 Å². The van der Waals surface area contributed by atoms with E-state index < -0.39 is 6.04 Å². The molecule has 10 nitrogen and oxygen atoms in total. The third kappa shape index (κ3) is 32.5. The van der Waals surface area contributed by atoms with Crippen LogP contribution in [0.1, 0.15) is 233 Å². The molecule has 0 aliphatic carbocycles. The van der Waals surface area contributed by atoms with Crippen molar-refractivity contribution in [2.45, 2.75) is 251 Å². The van der Waals surface area contributed by atoms with Gasteiger partial charge in [-0.1, -0.05) is 149 Å². The highest BCUT2D eigenvalue weighted by Gasteiger charge is 2.39. The molecule has 60 heavy (non-hydrogen) atoms. The first-order valence-corrected chi connectivity index (χ1v) is 25.3. The fourth-order valence-corrected chi connectivity index (χ4v) is 8.06. The highest BCUT2D eigenvalue weighted by molar-refractivity contribution is 5.76. The average molecular weight is 851 g/mol. The van der Waals surface area contributed by atoms with Crippen molar-refractivity contribution in [2.75, 3.05) is 46.9 Å². The second-order valence-electron chi connectivity index (χ2n) is 18.0. The zero-order chi connectivity index (χ0) is 43.9. The predicted octanol–water partition coefficient (Wildman–Crippen LogP) is 12.1. The van der Waals surface area contributed by atoms with E-state index in [1.807, 2.05) is 19.0 Å². The van der Waals surface area contributed by atoms with E-state index in [2.05, 4.69) is 25.7 Å². The SMILES string of the molecule is CCCCCCCCCOC(=O)CCCCCN1CC(OC(=O)CCN(C)C)C[C@H]1C(=O)OCCCCCCCC(=O)OC(CCCCCCCC)CCCCCCCC. The number of ether oxygens (including phenoxy) is 4. The van der Waals surface area contributed by atoms with Crippen LogP contribution in [0.2, 0.25) is 0 Å². The topological polar surface area (TPSA) is 112 Å². The van der Waals surface area contributed by atoms with Crippen LogP contribution >= 0.6 is 0 Å². The van der Waals surface area contributed by atoms with Crippen LogP contribution in [0, 0.1) is 0 Å². The maximum absolute atomic E-state index is 13.3. The molecule has 1 rings (SSSR count). The number of hydrogen-bond donors (Lipinski definition) is 0. The fourth-order valence-electron chi connectivity index (χ4n) is 8.06. The third-order valence-corrected chi connectivity index (χ3v) is 11.9. The van der Waals surface area contributed by atoms with E-state index >= 15 is 0 Å². The van der Waals surface area contributed by atoms with Gasteiger partial charge in [0.15, 0.2) is 0 Å². The molecule has 1 unspecified atom stereocenters. The van der Waals surface area contributed by atoms with Crippen molar-refractivity contribution >= 4 is 23.9 Å². The van der Waals surface area contributed by atoms with Gasteiger partial charge in [0, 0.05) is 32.4 Å². The number of rotatable bonds is 42. The normalized spacial score (nSPS) is 15.5. The second kappa shape index (κ2) is 39.6. The van der Waals surface area contributed by atoms with Crippen molar-refractivity contribution in [1.82, 2.24) is 9.80 Å². The summed E-state index contributed by atoms with van der Waals surface area (Å²) in [4.78, 5) is 54.9. The molecule has 10 heteroatoms. The van der Waals surface area contributed by atoms with Gasteiger partial charge in [0.2, 0.25) is 0 Å². The largest absolute Gasteiger partial charge is 0.466 e. The standard InChI is InChI=1S/C50H94N2O8/c1-6-9-12-15-18-23-31-40-57-47(53)35-29-25-30-38-52-43-45(60-49(55)37-39-51(4)5)42-46(52)50(56)58-41-32-24-19-22-28-36-48(54)59-44(33-26-20-16-13-10-7-2)34-27-21-17-14-11-8-3/h44-46H,6-43H2,1-5H3/t45?,46-/m0/s1. The van der Waals surface area contributed by atoms with E-state index in [-0.39, 0.29) is 36.1 Å². The lowest BCUT2D eigenvalue weighted by atomic mass is 10.0. The molecular weight excluding hydrogens is 757 g/mol. The monoisotopic (exact) mass is 851 g/mol. The number of likely N-dealkylation sites (tertiary alicyclic amines) is 1. The van der Waals surface area contributed by atoms with Gasteiger partial charge in [-0.15, -0.1) is 0 Å². The van der Waals surface area contributed by atoms with Gasteiger partial charge in [-0.2, -0.15) is 0 Å². The molecule has 1 saturated heterocycles. The van der Waals surface area contributed by atoms with Crippen LogP contribution < -0.4 is 0 Å². The summed E-state index contributed by atoms with van der Waals surface area (Å²) >= 11 is 0. The Morgan fingerprint density at radius 1 is 0.533 bits per heavy atom. The molecule has 0 aromatic carbocycles. The number of esters is 4. The Balaban J connectivity index is 2.40. The summed E-state index contributed by atoms with van der Waals surface area (Å²) in [6, 6.07) is -0.444. The molecule has 0 bridgehead atoms. The number of unbranched alkanes of at least 4 members (excludes halogenated alkanes) is 22. The number of hydrogen-bond acceptors (Lipinski definition) is 10. The van der Waals surface area contributed by atoms with Crippen molar-refractivity contribution in [2.24, 2.45) is 0 Å². The van der Waals surface area contributed by atoms with Crippen LogP contribution in [0.5, 0.6) is 0 Å². The average Bonchev–Trinajstić information content (AvgIpc) is 3.63. The highest BCUT2D eigenvalue weighted by Crippen LogP contribution is 2.24. The summed E-state index contributed by atoms with van der Waals surface area (Å²) in [5.41, 5.74) is 0. The zero-order valence-corrected chi connectivity index (χ0v) is 39.8. The minimum Gasteiger partial charge on any atom is -0.466 e. The molecular formula is C50H94N2O8. The molecule has 1 fully saturated rings. The summed E-state index contributed by atoms with van der Waals surface area (Å²) in [6.07, 6.45) is 33.6. The molecule has 0 N–H and O–H groups in total. The van der Waals surface area contributed by atoms with E-state index in [1.54, 1.807) is 0 Å². The molecule has 0 saturated carbocycles. The maximum Gasteiger partial charge on any atom is 0.323 e. The molecule has 0 spiro atoms. The number of carbonyl (C=O) groups is 4. The molecule has 1 aliphatic rings. The highest BCUT2D eigenvalue weighted by atomic mass is 16.6. The van der Waals surface area contributed by atoms with Crippen LogP contribution in [0.3, 0.4) is 0 Å². The molecule has 1 aliphatic heterocycles. The molecule has 1 heterocycles.